The van der Waals surface area contributed by atoms with Gasteiger partial charge in [-0.1, -0.05) is 5.16 Å². The van der Waals surface area contributed by atoms with Gasteiger partial charge in [0.15, 0.2) is 16.2 Å². The molecule has 1 aromatic heterocycles. The predicted octanol–water partition coefficient (Wildman–Crippen LogP) is -1.13. The van der Waals surface area contributed by atoms with Crippen LogP contribution in [0.25, 0.3) is 0 Å². The van der Waals surface area contributed by atoms with Gasteiger partial charge >= 0.3 is 10.3 Å². The van der Waals surface area contributed by atoms with E-state index in [0.717, 1.165) is 30.2 Å². The second-order valence-electron chi connectivity index (χ2n) is 4.75. The predicted molar refractivity (Wildman–Crippen MR) is 93.7 cm³/mol. The minimum absolute atomic E-state index is 0.0946. The number of rotatable bonds is 7. The van der Waals surface area contributed by atoms with Crippen LogP contribution in [0.4, 0.5) is 5.13 Å². The van der Waals surface area contributed by atoms with Crippen molar-refractivity contribution in [2.45, 2.75) is 11.1 Å². The van der Waals surface area contributed by atoms with Crippen molar-refractivity contribution in [3.8, 4) is 0 Å². The molecule has 0 spiro atoms. The zero-order valence-corrected chi connectivity index (χ0v) is 16.1. The Kier molecular flexibility index (Phi) is 5.76. The molecule has 2 amide bonds. The van der Waals surface area contributed by atoms with Gasteiger partial charge in [0, 0.05) is 12.5 Å². The maximum atomic E-state index is 12.6. The Morgan fingerprint density at radius 2 is 2.23 bits per heavy atom. The first-order valence-corrected chi connectivity index (χ1v) is 10.2. The second kappa shape index (κ2) is 7.36. The third-order valence-electron chi connectivity index (χ3n) is 3.33. The van der Waals surface area contributed by atoms with E-state index in [2.05, 4.69) is 20.3 Å². The van der Waals surface area contributed by atoms with Gasteiger partial charge in [0.25, 0.3) is 17.5 Å². The van der Waals surface area contributed by atoms with Gasteiger partial charge in [-0.2, -0.15) is 12.7 Å². The van der Waals surface area contributed by atoms with Crippen LogP contribution in [-0.2, 0) is 29.5 Å². The molecule has 1 aromatic rings. The fraction of sp³-hybridized carbons (Fsp3) is 0.455. The molecule has 1 aliphatic rings. The van der Waals surface area contributed by atoms with Crippen molar-refractivity contribution in [2.75, 3.05) is 26.2 Å². The lowest BCUT2D eigenvalue weighted by atomic mass is 10.0. The van der Waals surface area contributed by atoms with Crippen LogP contribution in [0, 0.1) is 0 Å². The monoisotopic (exact) mass is 425 g/mol. The first kappa shape index (κ1) is 20.4. The molecule has 0 saturated carbocycles. The van der Waals surface area contributed by atoms with E-state index in [9.17, 15) is 22.6 Å². The maximum absolute atomic E-state index is 12.6. The number of amides is 2. The lowest BCUT2D eigenvalue weighted by Crippen LogP contribution is -2.81. The molecule has 2 heterocycles. The summed E-state index contributed by atoms with van der Waals surface area (Å²) in [5.74, 6) is -2.08. The number of hydrogen-bond acceptors (Lipinski definition) is 11. The summed E-state index contributed by atoms with van der Waals surface area (Å²) in [6.45, 7) is 0. The highest BCUT2D eigenvalue weighted by Crippen LogP contribution is 2.40. The van der Waals surface area contributed by atoms with Gasteiger partial charge in [0.2, 0.25) is 0 Å². The smallest absolute Gasteiger partial charge is 0.363 e. The summed E-state index contributed by atoms with van der Waals surface area (Å²) in [5.41, 5.74) is 3.30. The number of β-lactam (4-membered cyclic amide) rings is 1. The van der Waals surface area contributed by atoms with Crippen LogP contribution in [-0.4, -0.2) is 71.4 Å². The Morgan fingerprint density at radius 3 is 2.65 bits per heavy atom. The number of anilines is 1. The van der Waals surface area contributed by atoms with Gasteiger partial charge in [0.05, 0.1) is 0 Å². The largest absolute Gasteiger partial charge is 0.398 e. The molecule has 1 aliphatic heterocycles. The van der Waals surface area contributed by atoms with E-state index in [1.165, 1.54) is 18.7 Å². The minimum atomic E-state index is -4.82. The van der Waals surface area contributed by atoms with E-state index in [4.69, 9.17) is 10.5 Å². The lowest BCUT2D eigenvalue weighted by Gasteiger charge is -2.51. The van der Waals surface area contributed by atoms with Gasteiger partial charge in [-0.05, 0) is 6.26 Å². The van der Waals surface area contributed by atoms with Crippen LogP contribution in [0.1, 0.15) is 5.69 Å². The number of aromatic nitrogens is 1. The lowest BCUT2D eigenvalue weighted by molar-refractivity contribution is -0.183. The van der Waals surface area contributed by atoms with Gasteiger partial charge in [-0.25, -0.2) is 4.98 Å². The van der Waals surface area contributed by atoms with Crippen molar-refractivity contribution in [2.24, 2.45) is 5.16 Å². The topological polar surface area (TPSA) is 174 Å². The molecule has 2 rings (SSSR count). The van der Waals surface area contributed by atoms with Crippen LogP contribution in [0.3, 0.4) is 0 Å². The minimum Gasteiger partial charge on any atom is -0.398 e. The molecule has 0 radical (unpaired) electrons. The van der Waals surface area contributed by atoms with Gasteiger partial charge in [-0.15, -0.1) is 23.1 Å². The standard InChI is InChI=1S/C11H15N5O7S3/c1-22-11(8(18)16(9(11)24-3)26(19,20)21)14-7(17)6(15-23-2)5-4-25-10(12)13-5/h4,9H,1-3H3,(H2,12,13)(H,14,17)(H,19,20,21)/t9-,11-/m1/s1. The number of nitrogens with one attached hydrogen (secondary N) is 1. The van der Waals surface area contributed by atoms with Crippen LogP contribution in [0.5, 0.6) is 0 Å². The molecule has 0 unspecified atom stereocenters. The molecule has 12 nitrogen and oxygen atoms in total. The number of nitrogens with zero attached hydrogens (tertiary/aromatic N) is 3. The number of thioether (sulfide) groups is 1. The van der Waals surface area contributed by atoms with E-state index in [1.54, 1.807) is 0 Å². The van der Waals surface area contributed by atoms with Crippen LogP contribution >= 0.6 is 23.1 Å². The second-order valence-corrected chi connectivity index (χ2v) is 7.85. The maximum Gasteiger partial charge on any atom is 0.363 e. The summed E-state index contributed by atoms with van der Waals surface area (Å²) >= 11 is 1.93. The summed E-state index contributed by atoms with van der Waals surface area (Å²) in [5, 5.41) is 6.25. The highest BCUT2D eigenvalue weighted by Gasteiger charge is 2.67. The Hall–Kier alpha value is -1.94. The summed E-state index contributed by atoms with van der Waals surface area (Å²) in [7, 11) is -2.51. The molecule has 144 valence electrons. The van der Waals surface area contributed by atoms with E-state index >= 15 is 0 Å². The zero-order chi connectivity index (χ0) is 19.7. The summed E-state index contributed by atoms with van der Waals surface area (Å²) in [6, 6.07) is 0. The first-order valence-electron chi connectivity index (χ1n) is 6.66. The Bertz CT molecular complexity index is 854. The summed E-state index contributed by atoms with van der Waals surface area (Å²) in [4.78, 5) is 33.4. The number of thiazole rings is 1. The number of carbonyl (C=O) groups excluding carboxylic acids is 2. The molecule has 0 aromatic carbocycles. The number of oxime groups is 1. The number of ether oxygens (including phenoxy) is 1. The van der Waals surface area contributed by atoms with Gasteiger partial charge < -0.3 is 20.6 Å². The number of methoxy groups -OCH3 is 1. The molecule has 2 atom stereocenters. The summed E-state index contributed by atoms with van der Waals surface area (Å²) in [6.07, 6.45) is 1.47. The van der Waals surface area contributed by atoms with E-state index in [1.807, 2.05) is 0 Å². The number of hydrogen-bond donors (Lipinski definition) is 3. The van der Waals surface area contributed by atoms with Crippen LogP contribution in [0.2, 0.25) is 0 Å². The fourth-order valence-corrected chi connectivity index (χ4v) is 4.98. The third-order valence-corrected chi connectivity index (χ3v) is 6.00. The molecular formula is C11H15N5O7S3. The number of nitrogens with two attached hydrogens (primary N) is 1. The normalized spacial score (nSPS) is 23.5. The zero-order valence-electron chi connectivity index (χ0n) is 13.7. The molecule has 0 bridgehead atoms. The molecule has 15 heteroatoms. The SMILES string of the molecule is CON=C(C(=O)N[C@@]1(OC)C(=O)N(S(=O)(=O)O)[C@@H]1SC)c1csc(N)n1. The van der Waals surface area contributed by atoms with Gasteiger partial charge in [0.1, 0.15) is 12.8 Å². The molecule has 26 heavy (non-hydrogen) atoms. The van der Waals surface area contributed by atoms with Crippen LogP contribution in [0.15, 0.2) is 10.5 Å². The average Bonchev–Trinajstić information content (AvgIpc) is 2.99. The Balaban J connectivity index is 2.35. The molecule has 4 N–H and O–H groups in total. The van der Waals surface area contributed by atoms with Gasteiger partial charge in [-0.3, -0.25) is 14.1 Å². The van der Waals surface area contributed by atoms with E-state index < -0.39 is 33.2 Å². The van der Waals surface area contributed by atoms with Crippen molar-refractivity contribution >= 4 is 56.1 Å². The Morgan fingerprint density at radius 1 is 1.58 bits per heavy atom. The molecule has 0 aliphatic carbocycles. The number of carbonyl (C=O) groups is 2. The van der Waals surface area contributed by atoms with Crippen LogP contribution < -0.4 is 11.1 Å². The first-order chi connectivity index (χ1) is 12.1. The van der Waals surface area contributed by atoms with Crippen molar-refractivity contribution in [1.29, 1.82) is 0 Å². The quantitative estimate of drug-likeness (QED) is 0.159. The number of nitrogen functional groups attached to an aromatic ring is 1. The highest BCUT2D eigenvalue weighted by molar-refractivity contribution is 8.00. The highest BCUT2D eigenvalue weighted by atomic mass is 32.2. The molecular weight excluding hydrogens is 410 g/mol. The molecule has 1 saturated heterocycles. The van der Waals surface area contributed by atoms with E-state index in [-0.39, 0.29) is 20.8 Å². The van der Waals surface area contributed by atoms with Crippen molar-refractivity contribution in [1.82, 2.24) is 14.6 Å². The third kappa shape index (κ3) is 3.35. The van der Waals surface area contributed by atoms with Crippen molar-refractivity contribution in [3.63, 3.8) is 0 Å². The van der Waals surface area contributed by atoms with E-state index in [0.29, 0.717) is 0 Å². The Labute approximate surface area is 156 Å². The average molecular weight is 425 g/mol. The van der Waals surface area contributed by atoms with Crippen molar-refractivity contribution < 1.29 is 32.1 Å². The summed E-state index contributed by atoms with van der Waals surface area (Å²) < 4.78 is 37.2. The fourth-order valence-electron chi connectivity index (χ4n) is 2.24. The van der Waals surface area contributed by atoms with Crippen molar-refractivity contribution in [3.05, 3.63) is 11.1 Å². The molecule has 1 fully saturated rings.